The highest BCUT2D eigenvalue weighted by molar-refractivity contribution is 6.01. The molecule has 26 heavy (non-hydrogen) atoms. The molecule has 3 heterocycles. The molecule has 1 fully saturated rings. The molecule has 0 bridgehead atoms. The van der Waals surface area contributed by atoms with Crippen LogP contribution in [0.4, 0.5) is 20.6 Å². The molecule has 0 spiro atoms. The van der Waals surface area contributed by atoms with Crippen LogP contribution in [-0.2, 0) is 0 Å². The molecule has 1 saturated heterocycles. The Balaban J connectivity index is 2.10. The van der Waals surface area contributed by atoms with Gasteiger partial charge in [-0.15, -0.1) is 0 Å². The quantitative estimate of drug-likeness (QED) is 0.606. The second-order valence-corrected chi connectivity index (χ2v) is 6.29. The van der Waals surface area contributed by atoms with Gasteiger partial charge >= 0.3 is 6.16 Å². The smallest absolute Gasteiger partial charge is 0.467 e. The van der Waals surface area contributed by atoms with Crippen molar-refractivity contribution >= 4 is 28.4 Å². The van der Waals surface area contributed by atoms with E-state index in [1.54, 1.807) is 12.1 Å². The van der Waals surface area contributed by atoms with Crippen LogP contribution >= 0.6 is 0 Å². The third kappa shape index (κ3) is 2.21. The van der Waals surface area contributed by atoms with Gasteiger partial charge in [-0.05, 0) is 12.8 Å². The Morgan fingerprint density at radius 3 is 2.73 bits per heavy atom. The minimum atomic E-state index is -1.64. The summed E-state index contributed by atoms with van der Waals surface area (Å²) in [7, 11) is 1.67. The van der Waals surface area contributed by atoms with Crippen LogP contribution in [0.1, 0.15) is 12.8 Å². The Kier molecular flexibility index (Phi) is 3.56. The molecule has 0 saturated carbocycles. The van der Waals surface area contributed by atoms with Gasteiger partial charge in [0.1, 0.15) is 11.2 Å². The lowest BCUT2D eigenvalue weighted by molar-refractivity contribution is 0.143. The molecule has 0 radical (unpaired) electrons. The van der Waals surface area contributed by atoms with Gasteiger partial charge < -0.3 is 25.2 Å². The zero-order valence-corrected chi connectivity index (χ0v) is 14.0. The Morgan fingerprint density at radius 2 is 2.08 bits per heavy atom. The van der Waals surface area contributed by atoms with Gasteiger partial charge in [0, 0.05) is 20.1 Å². The fourth-order valence-electron chi connectivity index (χ4n) is 3.51. The van der Waals surface area contributed by atoms with Gasteiger partial charge in [-0.25, -0.2) is 9.18 Å². The molecule has 0 amide bonds. The number of hydrogen-bond acceptors (Lipinski definition) is 7. The molecule has 1 aromatic carbocycles. The van der Waals surface area contributed by atoms with Gasteiger partial charge in [0.05, 0.1) is 17.3 Å². The molecule has 0 aliphatic carbocycles. The first kappa shape index (κ1) is 16.3. The lowest BCUT2D eigenvalue weighted by Gasteiger charge is -2.33. The number of nitrogens with two attached hydrogens (primary N) is 1. The molecule has 0 atom stereocenters. The Bertz CT molecular complexity index is 983. The van der Waals surface area contributed by atoms with Crippen molar-refractivity contribution in [1.82, 2.24) is 4.68 Å². The second kappa shape index (κ2) is 5.68. The van der Waals surface area contributed by atoms with Crippen molar-refractivity contribution in [2.75, 3.05) is 42.5 Å². The SMILES string of the molecule is CN1COc2c(N3CCCC3)c(F)c(N)c3c(=O)c(OC(=O)O)cn1c23. The summed E-state index contributed by atoms with van der Waals surface area (Å²) in [6.45, 7) is 1.42. The highest BCUT2D eigenvalue weighted by atomic mass is 19.1. The minimum Gasteiger partial charge on any atom is -0.467 e. The zero-order valence-electron chi connectivity index (χ0n) is 14.0. The summed E-state index contributed by atoms with van der Waals surface area (Å²) < 4.78 is 26.9. The third-order valence-electron chi connectivity index (χ3n) is 4.68. The number of pyridine rings is 1. The van der Waals surface area contributed by atoms with Crippen molar-refractivity contribution in [1.29, 1.82) is 0 Å². The number of hydrogen-bond donors (Lipinski definition) is 2. The molecular formula is C16H17FN4O5. The molecule has 2 aliphatic heterocycles. The van der Waals surface area contributed by atoms with Crippen molar-refractivity contribution < 1.29 is 23.8 Å². The number of anilines is 2. The van der Waals surface area contributed by atoms with Crippen molar-refractivity contribution in [3.8, 4) is 11.5 Å². The van der Waals surface area contributed by atoms with Crippen LogP contribution in [0.5, 0.6) is 11.5 Å². The van der Waals surface area contributed by atoms with Crippen LogP contribution in [0.2, 0.25) is 0 Å². The molecule has 10 heteroatoms. The van der Waals surface area contributed by atoms with Crippen molar-refractivity contribution in [3.63, 3.8) is 0 Å². The molecule has 3 N–H and O–H groups in total. The molecule has 9 nitrogen and oxygen atoms in total. The molecule has 138 valence electrons. The number of aromatic nitrogens is 1. The normalized spacial score (nSPS) is 16.1. The number of ether oxygens (including phenoxy) is 2. The first-order valence-corrected chi connectivity index (χ1v) is 8.10. The molecule has 1 aromatic heterocycles. The fourth-order valence-corrected chi connectivity index (χ4v) is 3.51. The zero-order chi connectivity index (χ0) is 18.6. The molecular weight excluding hydrogens is 347 g/mol. The van der Waals surface area contributed by atoms with E-state index >= 15 is 4.39 Å². The maximum absolute atomic E-state index is 15.1. The highest BCUT2D eigenvalue weighted by Gasteiger charge is 2.32. The number of carboxylic acid groups (broad SMARTS) is 1. The summed E-state index contributed by atoms with van der Waals surface area (Å²) >= 11 is 0. The number of nitrogens with zero attached hydrogens (tertiary/aromatic N) is 3. The van der Waals surface area contributed by atoms with Gasteiger partial charge in [0.25, 0.3) is 0 Å². The summed E-state index contributed by atoms with van der Waals surface area (Å²) in [6.07, 6.45) is 1.46. The average molecular weight is 364 g/mol. The summed E-state index contributed by atoms with van der Waals surface area (Å²) in [5, 5.41) is 10.3. The van der Waals surface area contributed by atoms with E-state index in [0.29, 0.717) is 18.6 Å². The van der Waals surface area contributed by atoms with Crippen LogP contribution < -0.4 is 30.5 Å². The summed E-state index contributed by atoms with van der Waals surface area (Å²) in [5.41, 5.74) is 5.34. The fraction of sp³-hybridized carbons (Fsp3) is 0.375. The Morgan fingerprint density at radius 1 is 1.38 bits per heavy atom. The summed E-state index contributed by atoms with van der Waals surface area (Å²) in [5.74, 6) is -0.967. The van der Waals surface area contributed by atoms with Crippen LogP contribution in [0.15, 0.2) is 11.0 Å². The predicted molar refractivity (Wildman–Crippen MR) is 92.3 cm³/mol. The van der Waals surface area contributed by atoms with Crippen LogP contribution in [-0.4, -0.2) is 42.8 Å². The van der Waals surface area contributed by atoms with Gasteiger partial charge in [-0.3, -0.25) is 14.5 Å². The second-order valence-electron chi connectivity index (χ2n) is 6.29. The van der Waals surface area contributed by atoms with Gasteiger partial charge in [0.15, 0.2) is 18.3 Å². The number of nitrogen functional groups attached to an aromatic ring is 1. The van der Waals surface area contributed by atoms with E-state index in [-0.39, 0.29) is 29.2 Å². The van der Waals surface area contributed by atoms with E-state index in [1.165, 1.54) is 10.9 Å². The summed E-state index contributed by atoms with van der Waals surface area (Å²) in [6, 6.07) is 0. The number of carbonyl (C=O) groups is 1. The minimum absolute atomic E-state index is 0.0850. The number of rotatable bonds is 2. The monoisotopic (exact) mass is 364 g/mol. The average Bonchev–Trinajstić information content (AvgIpc) is 3.11. The van der Waals surface area contributed by atoms with Crippen molar-refractivity contribution in [2.45, 2.75) is 12.8 Å². The van der Waals surface area contributed by atoms with E-state index in [0.717, 1.165) is 12.8 Å². The topological polar surface area (TPSA) is 110 Å². The number of halogens is 1. The maximum Gasteiger partial charge on any atom is 0.511 e. The van der Waals surface area contributed by atoms with Gasteiger partial charge in [-0.2, -0.15) is 0 Å². The first-order valence-electron chi connectivity index (χ1n) is 8.10. The maximum atomic E-state index is 15.1. The van der Waals surface area contributed by atoms with Crippen LogP contribution in [0.25, 0.3) is 10.9 Å². The molecule has 0 unspecified atom stereocenters. The van der Waals surface area contributed by atoms with Crippen molar-refractivity contribution in [3.05, 3.63) is 22.2 Å². The van der Waals surface area contributed by atoms with E-state index in [9.17, 15) is 9.59 Å². The number of benzene rings is 1. The Hall–Kier alpha value is -3.17. The molecule has 2 aromatic rings. The van der Waals surface area contributed by atoms with E-state index < -0.39 is 23.2 Å². The van der Waals surface area contributed by atoms with E-state index in [1.807, 2.05) is 4.90 Å². The molecule has 2 aliphatic rings. The summed E-state index contributed by atoms with van der Waals surface area (Å²) in [4.78, 5) is 25.4. The van der Waals surface area contributed by atoms with Crippen LogP contribution in [0.3, 0.4) is 0 Å². The van der Waals surface area contributed by atoms with Crippen molar-refractivity contribution in [2.24, 2.45) is 0 Å². The van der Waals surface area contributed by atoms with E-state index in [4.69, 9.17) is 15.6 Å². The van der Waals surface area contributed by atoms with Gasteiger partial charge in [0.2, 0.25) is 11.2 Å². The lowest BCUT2D eigenvalue weighted by Crippen LogP contribution is -2.39. The largest absolute Gasteiger partial charge is 0.511 e. The first-order chi connectivity index (χ1) is 12.4. The predicted octanol–water partition coefficient (Wildman–Crippen LogP) is 1.30. The Labute approximate surface area is 146 Å². The van der Waals surface area contributed by atoms with E-state index in [2.05, 4.69) is 4.74 Å². The molecule has 4 rings (SSSR count). The third-order valence-corrected chi connectivity index (χ3v) is 4.68. The van der Waals surface area contributed by atoms with Crippen LogP contribution in [0, 0.1) is 5.82 Å². The lowest BCUT2D eigenvalue weighted by atomic mass is 10.1. The standard InChI is InChI=1S/C16H17FN4O5/c1-19-7-25-15-12-9(14(22)8(6-21(12)19)26-16(23)24)11(18)10(17)13(15)20-4-2-3-5-20/h6H,2-5,7,18H2,1H3,(H,23,24). The highest BCUT2D eigenvalue weighted by Crippen LogP contribution is 2.44. The van der Waals surface area contributed by atoms with Gasteiger partial charge in [-0.1, -0.05) is 0 Å².